The molecule has 2 N–H and O–H groups in total. The van der Waals surface area contributed by atoms with Crippen LogP contribution in [0.4, 0.5) is 0 Å². The van der Waals surface area contributed by atoms with Gasteiger partial charge in [-0.2, -0.15) is 5.10 Å². The first-order valence-corrected chi connectivity index (χ1v) is 11.2. The van der Waals surface area contributed by atoms with Gasteiger partial charge in [-0.1, -0.05) is 49.1 Å². The lowest BCUT2D eigenvalue weighted by molar-refractivity contribution is 0.269. The summed E-state index contributed by atoms with van der Waals surface area (Å²) in [5.41, 5.74) is 4.71. The molecule has 5 nitrogen and oxygen atoms in total. The van der Waals surface area contributed by atoms with E-state index in [1.54, 1.807) is 6.21 Å². The van der Waals surface area contributed by atoms with Crippen molar-refractivity contribution in [1.29, 1.82) is 0 Å². The van der Waals surface area contributed by atoms with E-state index in [2.05, 4.69) is 15.8 Å². The molecule has 1 aliphatic carbocycles. The van der Waals surface area contributed by atoms with Crippen LogP contribution in [0.25, 0.3) is 0 Å². The largest absolute Gasteiger partial charge is 0.490 e. The van der Waals surface area contributed by atoms with Gasteiger partial charge in [0.2, 0.25) is 0 Å². The van der Waals surface area contributed by atoms with E-state index >= 15 is 0 Å². The van der Waals surface area contributed by atoms with Crippen LogP contribution in [0.2, 0.25) is 5.02 Å². The molecule has 7 heteroatoms. The van der Waals surface area contributed by atoms with Gasteiger partial charge in [-0.15, -0.1) is 0 Å². The third-order valence-corrected chi connectivity index (χ3v) is 5.51. The van der Waals surface area contributed by atoms with E-state index in [1.807, 2.05) is 49.4 Å². The molecule has 0 aromatic heterocycles. The zero-order valence-electron chi connectivity index (χ0n) is 17.2. The molecule has 0 heterocycles. The fourth-order valence-electron chi connectivity index (χ4n) is 3.39. The molecule has 0 amide bonds. The molecule has 0 spiro atoms. The molecule has 0 aliphatic heterocycles. The standard InChI is InChI=1S/C23H28ClN3O2S/c1-2-28-22-14-17(15-25-27-23(30)26-19-9-4-3-5-10-19)12-13-21(22)29-16-18-8-6-7-11-20(18)24/h6-8,11-15,19H,2-5,9-10,16H2,1H3,(H2,26,27,30)/b25-15+. The number of ether oxygens (including phenoxy) is 2. The van der Waals surface area contributed by atoms with Crippen molar-refractivity contribution in [2.24, 2.45) is 5.10 Å². The number of nitrogens with zero attached hydrogens (tertiary/aromatic N) is 1. The maximum atomic E-state index is 6.21. The Morgan fingerprint density at radius 2 is 1.93 bits per heavy atom. The lowest BCUT2D eigenvalue weighted by Gasteiger charge is -2.23. The fraction of sp³-hybridized carbons (Fsp3) is 0.391. The Morgan fingerprint density at radius 3 is 2.70 bits per heavy atom. The van der Waals surface area contributed by atoms with E-state index in [1.165, 1.54) is 32.1 Å². The first kappa shape index (κ1) is 22.4. The quantitative estimate of drug-likeness (QED) is 0.321. The number of benzene rings is 2. The summed E-state index contributed by atoms with van der Waals surface area (Å²) in [4.78, 5) is 0. The summed E-state index contributed by atoms with van der Waals surface area (Å²) < 4.78 is 11.7. The zero-order chi connectivity index (χ0) is 21.2. The topological polar surface area (TPSA) is 54.9 Å². The van der Waals surface area contributed by atoms with Crippen LogP contribution in [0, 0.1) is 0 Å². The van der Waals surface area contributed by atoms with Crippen molar-refractivity contribution >= 4 is 35.1 Å². The SMILES string of the molecule is CCOc1cc(/C=N/NC(=S)NC2CCCCC2)ccc1OCc1ccccc1Cl. The second kappa shape index (κ2) is 11.8. The van der Waals surface area contributed by atoms with E-state index < -0.39 is 0 Å². The molecule has 1 saturated carbocycles. The Morgan fingerprint density at radius 1 is 1.13 bits per heavy atom. The van der Waals surface area contributed by atoms with Gasteiger partial charge in [-0.25, -0.2) is 0 Å². The smallest absolute Gasteiger partial charge is 0.187 e. The molecule has 1 aliphatic rings. The van der Waals surface area contributed by atoms with Crippen LogP contribution >= 0.6 is 23.8 Å². The molecule has 0 bridgehead atoms. The van der Waals surface area contributed by atoms with E-state index in [9.17, 15) is 0 Å². The molecule has 0 saturated heterocycles. The number of hydrogen-bond donors (Lipinski definition) is 2. The summed E-state index contributed by atoms with van der Waals surface area (Å²) in [5.74, 6) is 1.33. The van der Waals surface area contributed by atoms with Gasteiger partial charge in [0.1, 0.15) is 6.61 Å². The predicted molar refractivity (Wildman–Crippen MR) is 127 cm³/mol. The van der Waals surface area contributed by atoms with Crippen molar-refractivity contribution in [3.63, 3.8) is 0 Å². The van der Waals surface area contributed by atoms with Gasteiger partial charge in [0.15, 0.2) is 16.6 Å². The molecule has 2 aromatic carbocycles. The molecule has 2 aromatic rings. The maximum Gasteiger partial charge on any atom is 0.187 e. The van der Waals surface area contributed by atoms with E-state index in [4.69, 9.17) is 33.3 Å². The summed E-state index contributed by atoms with van der Waals surface area (Å²) in [7, 11) is 0. The van der Waals surface area contributed by atoms with Gasteiger partial charge in [0.25, 0.3) is 0 Å². The number of rotatable bonds is 8. The Kier molecular flexibility index (Phi) is 8.78. The molecule has 0 atom stereocenters. The van der Waals surface area contributed by atoms with Crippen molar-refractivity contribution in [2.45, 2.75) is 51.7 Å². The zero-order valence-corrected chi connectivity index (χ0v) is 18.8. The van der Waals surface area contributed by atoms with Crippen LogP contribution in [0.3, 0.4) is 0 Å². The van der Waals surface area contributed by atoms with Gasteiger partial charge in [0.05, 0.1) is 12.8 Å². The fourth-order valence-corrected chi connectivity index (χ4v) is 3.80. The average Bonchev–Trinajstić information content (AvgIpc) is 2.75. The number of nitrogens with one attached hydrogen (secondary N) is 2. The summed E-state index contributed by atoms with van der Waals surface area (Å²) in [6.45, 7) is 2.85. The van der Waals surface area contributed by atoms with Crippen LogP contribution in [-0.2, 0) is 6.61 Å². The highest BCUT2D eigenvalue weighted by Gasteiger charge is 2.13. The first-order chi connectivity index (χ1) is 14.7. The third kappa shape index (κ3) is 6.89. The lowest BCUT2D eigenvalue weighted by Crippen LogP contribution is -2.40. The minimum Gasteiger partial charge on any atom is -0.490 e. The van der Waals surface area contributed by atoms with Crippen LogP contribution in [0.1, 0.15) is 50.2 Å². The number of hydrogen-bond acceptors (Lipinski definition) is 4. The highest BCUT2D eigenvalue weighted by molar-refractivity contribution is 7.80. The number of hydrazone groups is 1. The molecular weight excluding hydrogens is 418 g/mol. The highest BCUT2D eigenvalue weighted by atomic mass is 35.5. The third-order valence-electron chi connectivity index (χ3n) is 4.93. The minimum atomic E-state index is 0.371. The maximum absolute atomic E-state index is 6.21. The highest BCUT2D eigenvalue weighted by Crippen LogP contribution is 2.29. The molecule has 30 heavy (non-hydrogen) atoms. The lowest BCUT2D eigenvalue weighted by atomic mass is 9.96. The molecule has 1 fully saturated rings. The Bertz CT molecular complexity index is 869. The van der Waals surface area contributed by atoms with Crippen LogP contribution in [0.15, 0.2) is 47.6 Å². The van der Waals surface area contributed by atoms with Gasteiger partial charge in [0, 0.05) is 16.6 Å². The molecule has 0 radical (unpaired) electrons. The molecule has 3 rings (SSSR count). The van der Waals surface area contributed by atoms with Crippen molar-refractivity contribution in [2.75, 3.05) is 6.61 Å². The van der Waals surface area contributed by atoms with Gasteiger partial charge >= 0.3 is 0 Å². The molecule has 160 valence electrons. The summed E-state index contributed by atoms with van der Waals surface area (Å²) in [6, 6.07) is 13.8. The molecule has 0 unspecified atom stereocenters. The van der Waals surface area contributed by atoms with Gasteiger partial charge < -0.3 is 14.8 Å². The number of halogens is 1. The van der Waals surface area contributed by atoms with Crippen LogP contribution in [0.5, 0.6) is 11.5 Å². The first-order valence-electron chi connectivity index (χ1n) is 10.4. The molecular formula is C23H28ClN3O2S. The number of thiocarbonyl (C=S) groups is 1. The van der Waals surface area contributed by atoms with Crippen molar-refractivity contribution in [3.8, 4) is 11.5 Å². The Balaban J connectivity index is 1.57. The van der Waals surface area contributed by atoms with E-state index in [0.29, 0.717) is 40.9 Å². The summed E-state index contributed by atoms with van der Waals surface area (Å²) in [5, 5.41) is 8.83. The van der Waals surface area contributed by atoms with E-state index in [-0.39, 0.29) is 0 Å². The van der Waals surface area contributed by atoms with Crippen LogP contribution in [-0.4, -0.2) is 24.0 Å². The van der Waals surface area contributed by atoms with Gasteiger partial charge in [-0.05, 0) is 61.8 Å². The average molecular weight is 446 g/mol. The van der Waals surface area contributed by atoms with E-state index in [0.717, 1.165) is 11.1 Å². The van der Waals surface area contributed by atoms with Crippen molar-refractivity contribution in [1.82, 2.24) is 10.7 Å². The van der Waals surface area contributed by atoms with Gasteiger partial charge in [-0.3, -0.25) is 5.43 Å². The van der Waals surface area contributed by atoms with Crippen molar-refractivity contribution < 1.29 is 9.47 Å². The summed E-state index contributed by atoms with van der Waals surface area (Å²) >= 11 is 11.5. The minimum absolute atomic E-state index is 0.371. The Hall–Kier alpha value is -2.31. The Labute approximate surface area is 188 Å². The predicted octanol–water partition coefficient (Wildman–Crippen LogP) is 5.45. The summed E-state index contributed by atoms with van der Waals surface area (Å²) in [6.07, 6.45) is 7.88. The normalized spacial score (nSPS) is 14.5. The second-order valence-corrected chi connectivity index (χ2v) is 8.01. The van der Waals surface area contributed by atoms with Crippen molar-refractivity contribution in [3.05, 3.63) is 58.6 Å². The second-order valence-electron chi connectivity index (χ2n) is 7.20. The van der Waals surface area contributed by atoms with Crippen LogP contribution < -0.4 is 20.2 Å². The monoisotopic (exact) mass is 445 g/mol.